The summed E-state index contributed by atoms with van der Waals surface area (Å²) in [5.74, 6) is 1.39. The van der Waals surface area contributed by atoms with Crippen LogP contribution in [0.1, 0.15) is 0 Å². The molecule has 0 radical (unpaired) electrons. The number of hydrogen-bond acceptors (Lipinski definition) is 8. The van der Waals surface area contributed by atoms with Crippen LogP contribution in [-0.4, -0.2) is 61.1 Å². The SMILES string of the molecule is COc1ccc(-c2ccc(N3CCN(S(=O)(=O)c4cc([N+](=O)[O-])ccc4Cl)CC3)nn2)cc1. The van der Waals surface area contributed by atoms with Gasteiger partial charge >= 0.3 is 0 Å². The first-order chi connectivity index (χ1) is 15.8. The van der Waals surface area contributed by atoms with Crippen molar-refractivity contribution < 1.29 is 18.1 Å². The zero-order valence-corrected chi connectivity index (χ0v) is 19.2. The summed E-state index contributed by atoms with van der Waals surface area (Å²) in [5, 5.41) is 19.6. The number of nitro benzene ring substituents is 1. The maximum atomic E-state index is 13.0. The fourth-order valence-corrected chi connectivity index (χ4v) is 5.43. The summed E-state index contributed by atoms with van der Waals surface area (Å²) >= 11 is 6.05. The number of rotatable bonds is 6. The second-order valence-corrected chi connectivity index (χ2v) is 9.58. The molecule has 2 heterocycles. The Hall–Kier alpha value is -3.28. The van der Waals surface area contributed by atoms with Crippen LogP contribution in [0.15, 0.2) is 59.5 Å². The molecule has 4 rings (SSSR count). The lowest BCUT2D eigenvalue weighted by molar-refractivity contribution is -0.385. The number of hydrogen-bond donors (Lipinski definition) is 0. The Morgan fingerprint density at radius 3 is 2.27 bits per heavy atom. The minimum absolute atomic E-state index is 0.0528. The summed E-state index contributed by atoms with van der Waals surface area (Å²) in [5.41, 5.74) is 1.28. The summed E-state index contributed by atoms with van der Waals surface area (Å²) in [4.78, 5) is 12.1. The van der Waals surface area contributed by atoms with E-state index in [1.54, 1.807) is 7.11 Å². The standard InChI is InChI=1S/C21H20ClN5O5S/c1-32-17-5-2-15(3-6-17)19-8-9-21(24-23-19)25-10-12-26(13-11-25)33(30,31)20-14-16(27(28)29)4-7-18(20)22/h2-9,14H,10-13H2,1H3. The Balaban J connectivity index is 1.45. The zero-order chi connectivity index (χ0) is 23.6. The minimum atomic E-state index is -3.98. The van der Waals surface area contributed by atoms with Gasteiger partial charge in [0.2, 0.25) is 10.0 Å². The number of ether oxygens (including phenoxy) is 1. The molecule has 12 heteroatoms. The highest BCUT2D eigenvalue weighted by Crippen LogP contribution is 2.30. The van der Waals surface area contributed by atoms with Crippen LogP contribution in [0.2, 0.25) is 5.02 Å². The lowest BCUT2D eigenvalue weighted by atomic mass is 10.1. The summed E-state index contributed by atoms with van der Waals surface area (Å²) < 4.78 is 32.5. The smallest absolute Gasteiger partial charge is 0.270 e. The third kappa shape index (κ3) is 4.75. The molecule has 2 aromatic carbocycles. The van der Waals surface area contributed by atoms with Gasteiger partial charge < -0.3 is 9.64 Å². The van der Waals surface area contributed by atoms with E-state index in [9.17, 15) is 18.5 Å². The molecule has 0 bridgehead atoms. The lowest BCUT2D eigenvalue weighted by Gasteiger charge is -2.34. The molecule has 0 spiro atoms. The summed E-state index contributed by atoms with van der Waals surface area (Å²) in [6.07, 6.45) is 0. The molecule has 0 unspecified atom stereocenters. The molecule has 1 aliphatic heterocycles. The molecule has 1 aliphatic rings. The molecular formula is C21H20ClN5O5S. The van der Waals surface area contributed by atoms with Crippen molar-refractivity contribution in [3.05, 3.63) is 69.7 Å². The fraction of sp³-hybridized carbons (Fsp3) is 0.238. The van der Waals surface area contributed by atoms with E-state index in [0.29, 0.717) is 24.6 Å². The zero-order valence-electron chi connectivity index (χ0n) is 17.6. The van der Waals surface area contributed by atoms with Crippen molar-refractivity contribution in [1.29, 1.82) is 0 Å². The van der Waals surface area contributed by atoms with Crippen LogP contribution >= 0.6 is 11.6 Å². The molecule has 0 amide bonds. The predicted octanol–water partition coefficient (Wildman–Crippen LogP) is 3.22. The van der Waals surface area contributed by atoms with Crippen LogP contribution in [0.5, 0.6) is 5.75 Å². The molecular weight excluding hydrogens is 470 g/mol. The van der Waals surface area contributed by atoms with Gasteiger partial charge in [-0.05, 0) is 42.5 Å². The first kappa shape index (κ1) is 22.9. The molecule has 1 saturated heterocycles. The third-order valence-corrected chi connectivity index (χ3v) is 7.72. The number of nitro groups is 1. The topological polar surface area (TPSA) is 119 Å². The molecule has 172 valence electrons. The lowest BCUT2D eigenvalue weighted by Crippen LogP contribution is -2.49. The van der Waals surface area contributed by atoms with Crippen molar-refractivity contribution in [3.63, 3.8) is 0 Å². The second-order valence-electron chi connectivity index (χ2n) is 7.27. The van der Waals surface area contributed by atoms with Crippen LogP contribution in [0.25, 0.3) is 11.3 Å². The number of anilines is 1. The fourth-order valence-electron chi connectivity index (χ4n) is 3.51. The van der Waals surface area contributed by atoms with Gasteiger partial charge in [0.1, 0.15) is 10.6 Å². The number of benzene rings is 2. The van der Waals surface area contributed by atoms with Crippen LogP contribution in [0.4, 0.5) is 11.5 Å². The van der Waals surface area contributed by atoms with Gasteiger partial charge in [0.25, 0.3) is 5.69 Å². The Labute approximate surface area is 195 Å². The van der Waals surface area contributed by atoms with Gasteiger partial charge in [-0.1, -0.05) is 11.6 Å². The van der Waals surface area contributed by atoms with Crippen molar-refractivity contribution in [2.45, 2.75) is 4.90 Å². The normalized spacial score (nSPS) is 14.8. The summed E-state index contributed by atoms with van der Waals surface area (Å²) in [6.45, 7) is 1.15. The van der Waals surface area contributed by atoms with Crippen LogP contribution in [-0.2, 0) is 10.0 Å². The monoisotopic (exact) mass is 489 g/mol. The highest BCUT2D eigenvalue weighted by atomic mass is 35.5. The van der Waals surface area contributed by atoms with Gasteiger partial charge in [0, 0.05) is 43.9 Å². The maximum absolute atomic E-state index is 13.0. The first-order valence-corrected chi connectivity index (χ1v) is 11.8. The summed E-state index contributed by atoms with van der Waals surface area (Å²) in [7, 11) is -2.37. The van der Waals surface area contributed by atoms with Crippen molar-refractivity contribution in [1.82, 2.24) is 14.5 Å². The minimum Gasteiger partial charge on any atom is -0.497 e. The first-order valence-electron chi connectivity index (χ1n) is 9.97. The Kier molecular flexibility index (Phi) is 6.45. The molecule has 0 saturated carbocycles. The van der Waals surface area contributed by atoms with E-state index >= 15 is 0 Å². The van der Waals surface area contributed by atoms with Gasteiger partial charge in [0.15, 0.2) is 5.82 Å². The molecule has 3 aromatic rings. The van der Waals surface area contributed by atoms with E-state index in [1.165, 1.54) is 16.4 Å². The molecule has 0 aliphatic carbocycles. The van der Waals surface area contributed by atoms with Crippen LogP contribution < -0.4 is 9.64 Å². The number of non-ortho nitro benzene ring substituents is 1. The van der Waals surface area contributed by atoms with Crippen molar-refractivity contribution in [3.8, 4) is 17.0 Å². The Morgan fingerprint density at radius 2 is 1.70 bits per heavy atom. The van der Waals surface area contributed by atoms with E-state index in [2.05, 4.69) is 10.2 Å². The molecule has 0 atom stereocenters. The van der Waals surface area contributed by atoms with Crippen LogP contribution in [0, 0.1) is 10.1 Å². The average Bonchev–Trinajstić information content (AvgIpc) is 2.84. The van der Waals surface area contributed by atoms with E-state index in [-0.39, 0.29) is 28.7 Å². The third-order valence-electron chi connectivity index (χ3n) is 5.34. The highest BCUT2D eigenvalue weighted by Gasteiger charge is 2.31. The number of methoxy groups -OCH3 is 1. The van der Waals surface area contributed by atoms with E-state index in [4.69, 9.17) is 16.3 Å². The molecule has 1 fully saturated rings. The number of piperazine rings is 1. The van der Waals surface area contributed by atoms with Gasteiger partial charge in [-0.3, -0.25) is 10.1 Å². The molecule has 0 N–H and O–H groups in total. The van der Waals surface area contributed by atoms with E-state index in [1.807, 2.05) is 41.3 Å². The molecule has 33 heavy (non-hydrogen) atoms. The number of aromatic nitrogens is 2. The number of halogens is 1. The number of sulfonamides is 1. The van der Waals surface area contributed by atoms with Gasteiger partial charge in [-0.25, -0.2) is 8.42 Å². The highest BCUT2D eigenvalue weighted by molar-refractivity contribution is 7.89. The van der Waals surface area contributed by atoms with Crippen molar-refractivity contribution in [2.24, 2.45) is 0 Å². The van der Waals surface area contributed by atoms with Gasteiger partial charge in [0.05, 0.1) is 22.7 Å². The van der Waals surface area contributed by atoms with Crippen LogP contribution in [0.3, 0.4) is 0 Å². The average molecular weight is 490 g/mol. The van der Waals surface area contributed by atoms with E-state index in [0.717, 1.165) is 17.4 Å². The predicted molar refractivity (Wildman–Crippen MR) is 123 cm³/mol. The Morgan fingerprint density at radius 1 is 1.00 bits per heavy atom. The van der Waals surface area contributed by atoms with Gasteiger partial charge in [-0.15, -0.1) is 10.2 Å². The van der Waals surface area contributed by atoms with E-state index < -0.39 is 14.9 Å². The maximum Gasteiger partial charge on any atom is 0.270 e. The van der Waals surface area contributed by atoms with Crippen molar-refractivity contribution >= 4 is 33.1 Å². The molecule has 10 nitrogen and oxygen atoms in total. The van der Waals surface area contributed by atoms with Gasteiger partial charge in [-0.2, -0.15) is 4.31 Å². The van der Waals surface area contributed by atoms with Crippen molar-refractivity contribution in [2.75, 3.05) is 38.2 Å². The molecule has 1 aromatic heterocycles. The largest absolute Gasteiger partial charge is 0.497 e. The summed E-state index contributed by atoms with van der Waals surface area (Å²) in [6, 6.07) is 14.6. The Bertz CT molecular complexity index is 1260. The quantitative estimate of drug-likeness (QED) is 0.382. The second kappa shape index (κ2) is 9.30. The number of nitrogens with zero attached hydrogens (tertiary/aromatic N) is 5.